The topological polar surface area (TPSA) is 109 Å². The van der Waals surface area contributed by atoms with Gasteiger partial charge in [-0.1, -0.05) is 0 Å². The summed E-state index contributed by atoms with van der Waals surface area (Å²) >= 11 is 2.35. The van der Waals surface area contributed by atoms with E-state index in [2.05, 4.69) is 48.9 Å². The van der Waals surface area contributed by atoms with Gasteiger partial charge in [-0.2, -0.15) is 0 Å². The van der Waals surface area contributed by atoms with Crippen molar-refractivity contribution >= 4 is 27.2 Å². The van der Waals surface area contributed by atoms with Crippen LogP contribution in [0.5, 0.6) is 0 Å². The first kappa shape index (κ1) is 16.5. The zero-order valence-electron chi connectivity index (χ0n) is 12.4. The van der Waals surface area contributed by atoms with Crippen molar-refractivity contribution in [3.8, 4) is 11.8 Å². The zero-order valence-corrected chi connectivity index (χ0v) is 14.3. The third kappa shape index (κ3) is 2.80. The molecule has 0 saturated carbocycles. The Bertz CT molecular complexity index is 689. The molecule has 23 heavy (non-hydrogen) atoms. The molecule has 1 aromatic rings. The molecule has 1 saturated heterocycles. The minimum absolute atomic E-state index is 0.229. The molecule has 0 bridgehead atoms. The SMILES string of the molecule is COCC#CC1(C2CC(O)C(CO)O2)N=Nc2ncnc([As])c21. The van der Waals surface area contributed by atoms with Gasteiger partial charge >= 0.3 is 141 Å². The van der Waals surface area contributed by atoms with Crippen LogP contribution < -0.4 is 4.48 Å². The van der Waals surface area contributed by atoms with Crippen LogP contribution in [0, 0.1) is 11.8 Å². The Labute approximate surface area is 141 Å². The van der Waals surface area contributed by atoms with Crippen LogP contribution in [-0.4, -0.2) is 75.7 Å². The standard InChI is InChI=1S/C14H15AsN4O4/c1-22-4-2-3-14(10-5-8(21)9(6-20)23-10)11-12(15)16-7-17-13(11)18-19-14/h7-10,20-21H,4-6H2,1H3. The molecule has 0 aliphatic carbocycles. The van der Waals surface area contributed by atoms with Gasteiger partial charge in [-0.05, 0) is 0 Å². The molecule has 120 valence electrons. The summed E-state index contributed by atoms with van der Waals surface area (Å²) in [7, 11) is 1.55. The number of fused-ring (bicyclic) bond motifs is 1. The molecule has 1 aromatic heterocycles. The fraction of sp³-hybridized carbons (Fsp3) is 0.571. The second kappa shape index (κ2) is 6.63. The van der Waals surface area contributed by atoms with E-state index in [4.69, 9.17) is 9.47 Å². The first-order valence-electron chi connectivity index (χ1n) is 7.03. The molecule has 0 aromatic carbocycles. The van der Waals surface area contributed by atoms with Gasteiger partial charge in [0.15, 0.2) is 0 Å². The second-order valence-electron chi connectivity index (χ2n) is 5.25. The Morgan fingerprint density at radius 2 is 2.35 bits per heavy atom. The predicted molar refractivity (Wildman–Crippen MR) is 79.6 cm³/mol. The summed E-state index contributed by atoms with van der Waals surface area (Å²) in [6.07, 6.45) is -0.319. The van der Waals surface area contributed by atoms with E-state index in [0.29, 0.717) is 15.9 Å². The third-order valence-electron chi connectivity index (χ3n) is 3.86. The van der Waals surface area contributed by atoms with Gasteiger partial charge in [-0.15, -0.1) is 0 Å². The summed E-state index contributed by atoms with van der Waals surface area (Å²) in [6.45, 7) is -0.0452. The molecule has 2 radical (unpaired) electrons. The molecule has 9 heteroatoms. The maximum absolute atomic E-state index is 10.1. The van der Waals surface area contributed by atoms with Gasteiger partial charge in [0.25, 0.3) is 0 Å². The van der Waals surface area contributed by atoms with Crippen molar-refractivity contribution in [3.63, 3.8) is 0 Å². The number of nitrogens with zero attached hydrogens (tertiary/aromatic N) is 4. The number of methoxy groups -OCH3 is 1. The van der Waals surface area contributed by atoms with Gasteiger partial charge in [0, 0.05) is 0 Å². The Kier molecular flexibility index (Phi) is 4.76. The molecule has 0 amide bonds. The molecule has 0 spiro atoms. The van der Waals surface area contributed by atoms with Crippen molar-refractivity contribution in [1.29, 1.82) is 0 Å². The van der Waals surface area contributed by atoms with E-state index >= 15 is 0 Å². The van der Waals surface area contributed by atoms with Crippen LogP contribution in [0.1, 0.15) is 12.0 Å². The molecule has 4 unspecified atom stereocenters. The Balaban J connectivity index is 2.06. The molecule has 1 fully saturated rings. The van der Waals surface area contributed by atoms with Gasteiger partial charge in [-0.3, -0.25) is 0 Å². The van der Waals surface area contributed by atoms with Crippen LogP contribution in [-0.2, 0) is 15.0 Å². The van der Waals surface area contributed by atoms with Crippen LogP contribution in [0.25, 0.3) is 0 Å². The fourth-order valence-corrected chi connectivity index (χ4v) is 3.43. The van der Waals surface area contributed by atoms with Crippen molar-refractivity contribution in [2.45, 2.75) is 30.3 Å². The summed E-state index contributed by atoms with van der Waals surface area (Å²) in [5.41, 5.74) is -0.457. The number of hydrogen-bond donors (Lipinski definition) is 2. The monoisotopic (exact) mass is 378 g/mol. The van der Waals surface area contributed by atoms with Gasteiger partial charge < -0.3 is 0 Å². The zero-order chi connectivity index (χ0) is 16.4. The van der Waals surface area contributed by atoms with Crippen LogP contribution in [0.3, 0.4) is 0 Å². The quantitative estimate of drug-likeness (QED) is 0.501. The van der Waals surface area contributed by atoms with E-state index < -0.39 is 23.9 Å². The van der Waals surface area contributed by atoms with Crippen molar-refractivity contribution in [2.75, 3.05) is 20.3 Å². The molecule has 2 aliphatic heterocycles. The summed E-state index contributed by atoms with van der Waals surface area (Å²) in [5.74, 6) is 6.39. The minimum atomic E-state index is -1.11. The first-order valence-corrected chi connectivity index (χ1v) is 7.97. The van der Waals surface area contributed by atoms with E-state index in [1.54, 1.807) is 7.11 Å². The van der Waals surface area contributed by atoms with Gasteiger partial charge in [0.2, 0.25) is 0 Å². The first-order chi connectivity index (χ1) is 11.1. The van der Waals surface area contributed by atoms with Crippen molar-refractivity contribution < 1.29 is 19.7 Å². The molecule has 4 atom stereocenters. The molecule has 3 heterocycles. The van der Waals surface area contributed by atoms with E-state index in [1.807, 2.05) is 0 Å². The summed E-state index contributed by atoms with van der Waals surface area (Å²) in [4.78, 5) is 8.30. The Morgan fingerprint density at radius 1 is 1.52 bits per heavy atom. The summed E-state index contributed by atoms with van der Waals surface area (Å²) < 4.78 is 11.4. The molecule has 2 N–H and O–H groups in total. The van der Waals surface area contributed by atoms with Crippen LogP contribution in [0.4, 0.5) is 5.82 Å². The predicted octanol–water partition coefficient (Wildman–Crippen LogP) is -1.28. The van der Waals surface area contributed by atoms with Crippen LogP contribution in [0.2, 0.25) is 0 Å². The van der Waals surface area contributed by atoms with Gasteiger partial charge in [0.05, 0.1) is 0 Å². The third-order valence-corrected chi connectivity index (χ3v) is 4.57. The van der Waals surface area contributed by atoms with Crippen molar-refractivity contribution in [2.24, 2.45) is 10.2 Å². The normalized spacial score (nSPS) is 31.7. The number of aromatic nitrogens is 2. The second-order valence-corrected chi connectivity index (χ2v) is 6.13. The number of rotatable bonds is 3. The van der Waals surface area contributed by atoms with E-state index in [1.165, 1.54) is 6.33 Å². The number of azo groups is 1. The van der Waals surface area contributed by atoms with Gasteiger partial charge in [-0.25, -0.2) is 0 Å². The Hall–Kier alpha value is -1.36. The molecule has 2 aliphatic rings. The number of ether oxygens (including phenoxy) is 2. The van der Waals surface area contributed by atoms with Crippen molar-refractivity contribution in [3.05, 3.63) is 11.9 Å². The van der Waals surface area contributed by atoms with E-state index in [0.717, 1.165) is 0 Å². The van der Waals surface area contributed by atoms with Gasteiger partial charge in [0.1, 0.15) is 0 Å². The van der Waals surface area contributed by atoms with Crippen LogP contribution in [0.15, 0.2) is 16.6 Å². The summed E-state index contributed by atoms with van der Waals surface area (Å²) in [5, 5.41) is 27.8. The number of hydrogen-bond acceptors (Lipinski definition) is 8. The number of aliphatic hydroxyl groups excluding tert-OH is 2. The summed E-state index contributed by atoms with van der Waals surface area (Å²) in [6, 6.07) is 0. The Morgan fingerprint density at radius 3 is 3.04 bits per heavy atom. The molecular formula is C14H15AsN4O4. The molecular weight excluding hydrogens is 363 g/mol. The van der Waals surface area contributed by atoms with Crippen LogP contribution >= 0.6 is 0 Å². The fourth-order valence-electron chi connectivity index (χ4n) is 2.76. The molecule has 3 rings (SSSR count). The number of aliphatic hydroxyl groups is 2. The van der Waals surface area contributed by atoms with E-state index in [-0.39, 0.29) is 19.6 Å². The van der Waals surface area contributed by atoms with E-state index in [9.17, 15) is 10.2 Å². The van der Waals surface area contributed by atoms with Crippen molar-refractivity contribution in [1.82, 2.24) is 9.97 Å². The average Bonchev–Trinajstić information content (AvgIpc) is 3.10. The molecule has 8 nitrogen and oxygen atoms in total. The maximum atomic E-state index is 10.1. The average molecular weight is 378 g/mol.